The molecule has 0 saturated heterocycles. The fourth-order valence-electron chi connectivity index (χ4n) is 4.17. The summed E-state index contributed by atoms with van der Waals surface area (Å²) in [6, 6.07) is 19.6. The smallest absolute Gasteiger partial charge is 0.137 e. The van der Waals surface area contributed by atoms with Crippen LogP contribution in [-0.2, 0) is 0 Å². The van der Waals surface area contributed by atoms with Crippen LogP contribution >= 0.6 is 0 Å². The Morgan fingerprint density at radius 2 is 1.70 bits per heavy atom. The molecule has 0 bridgehead atoms. The minimum atomic E-state index is 0.439. The van der Waals surface area contributed by atoms with Gasteiger partial charge in [0.05, 0.1) is 6.26 Å². The standard InChI is InChI=1S/C22H24O/c1-3-8-17(9-4-1)16-21(18-10-5-2-6-11-18)20-13-7-12-19-14-15-23-22(19)20/h2,5-7,10-15,17,21H,1,3-4,8-9,16H2. The fourth-order valence-corrected chi connectivity index (χ4v) is 4.17. The lowest BCUT2D eigenvalue weighted by atomic mass is 9.78. The molecule has 1 aromatic heterocycles. The summed E-state index contributed by atoms with van der Waals surface area (Å²) in [6.45, 7) is 0. The Bertz CT molecular complexity index is 750. The number of benzene rings is 2. The third-order valence-electron chi connectivity index (χ3n) is 5.38. The summed E-state index contributed by atoms with van der Waals surface area (Å²) in [5.41, 5.74) is 3.84. The van der Waals surface area contributed by atoms with Gasteiger partial charge in [0.15, 0.2) is 0 Å². The van der Waals surface area contributed by atoms with E-state index in [9.17, 15) is 0 Å². The quantitative estimate of drug-likeness (QED) is 0.533. The minimum absolute atomic E-state index is 0.439. The maximum Gasteiger partial charge on any atom is 0.137 e. The average molecular weight is 304 g/mol. The van der Waals surface area contributed by atoms with Crippen LogP contribution in [0.4, 0.5) is 0 Å². The maximum absolute atomic E-state index is 5.84. The lowest BCUT2D eigenvalue weighted by molar-refractivity contribution is 0.327. The topological polar surface area (TPSA) is 13.1 Å². The molecule has 23 heavy (non-hydrogen) atoms. The molecule has 1 nitrogen and oxygen atoms in total. The summed E-state index contributed by atoms with van der Waals surface area (Å²) in [6.07, 6.45) is 10.0. The SMILES string of the molecule is c1ccc(C(CC2CCCCC2)c2cccc3ccoc23)cc1. The molecule has 1 aliphatic carbocycles. The summed E-state index contributed by atoms with van der Waals surface area (Å²) in [5, 5.41) is 1.21. The van der Waals surface area contributed by atoms with Gasteiger partial charge in [-0.25, -0.2) is 0 Å². The average Bonchev–Trinajstić information content (AvgIpc) is 3.10. The summed E-state index contributed by atoms with van der Waals surface area (Å²) in [7, 11) is 0. The first-order chi connectivity index (χ1) is 11.4. The predicted octanol–water partition coefficient (Wildman–Crippen LogP) is 6.54. The number of hydrogen-bond acceptors (Lipinski definition) is 1. The van der Waals surface area contributed by atoms with Crippen molar-refractivity contribution in [3.05, 3.63) is 72.0 Å². The molecule has 0 spiro atoms. The number of fused-ring (bicyclic) bond motifs is 1. The molecule has 0 amide bonds. The van der Waals surface area contributed by atoms with Crippen molar-refractivity contribution in [3.63, 3.8) is 0 Å². The van der Waals surface area contributed by atoms with Gasteiger partial charge in [0.1, 0.15) is 5.58 Å². The molecular weight excluding hydrogens is 280 g/mol. The minimum Gasteiger partial charge on any atom is -0.464 e. The second-order valence-electron chi connectivity index (χ2n) is 6.89. The predicted molar refractivity (Wildman–Crippen MR) is 95.7 cm³/mol. The van der Waals surface area contributed by atoms with Crippen molar-refractivity contribution in [2.75, 3.05) is 0 Å². The maximum atomic E-state index is 5.84. The lowest BCUT2D eigenvalue weighted by Gasteiger charge is -2.27. The van der Waals surface area contributed by atoms with Gasteiger partial charge in [-0.3, -0.25) is 0 Å². The summed E-state index contributed by atoms with van der Waals surface area (Å²) in [5.74, 6) is 1.29. The van der Waals surface area contributed by atoms with Crippen molar-refractivity contribution in [1.82, 2.24) is 0 Å². The van der Waals surface area contributed by atoms with Crippen molar-refractivity contribution in [3.8, 4) is 0 Å². The molecule has 4 rings (SSSR count). The zero-order valence-corrected chi connectivity index (χ0v) is 13.6. The first-order valence-corrected chi connectivity index (χ1v) is 8.93. The Morgan fingerprint density at radius 1 is 0.870 bits per heavy atom. The molecule has 1 fully saturated rings. The van der Waals surface area contributed by atoms with Crippen LogP contribution < -0.4 is 0 Å². The molecule has 1 heterocycles. The van der Waals surface area contributed by atoms with E-state index < -0.39 is 0 Å². The van der Waals surface area contributed by atoms with Gasteiger partial charge < -0.3 is 4.42 Å². The molecule has 0 aliphatic heterocycles. The Kier molecular flexibility index (Phi) is 4.19. The zero-order valence-electron chi connectivity index (χ0n) is 13.6. The highest BCUT2D eigenvalue weighted by Crippen LogP contribution is 2.39. The number of para-hydroxylation sites is 1. The third kappa shape index (κ3) is 3.06. The van der Waals surface area contributed by atoms with E-state index in [1.54, 1.807) is 0 Å². The molecule has 1 aliphatic rings. The van der Waals surface area contributed by atoms with Gasteiger partial charge in [0, 0.05) is 16.9 Å². The van der Waals surface area contributed by atoms with E-state index in [0.29, 0.717) is 5.92 Å². The largest absolute Gasteiger partial charge is 0.464 e. The van der Waals surface area contributed by atoms with Crippen LogP contribution in [0.1, 0.15) is 55.6 Å². The number of hydrogen-bond donors (Lipinski definition) is 0. The highest BCUT2D eigenvalue weighted by atomic mass is 16.3. The van der Waals surface area contributed by atoms with Crippen LogP contribution in [0.2, 0.25) is 0 Å². The Morgan fingerprint density at radius 3 is 2.52 bits per heavy atom. The summed E-state index contributed by atoms with van der Waals surface area (Å²) < 4.78 is 5.84. The van der Waals surface area contributed by atoms with Crippen LogP contribution in [0.3, 0.4) is 0 Å². The van der Waals surface area contributed by atoms with Gasteiger partial charge in [-0.1, -0.05) is 80.6 Å². The number of furan rings is 1. The molecule has 3 aromatic rings. The van der Waals surface area contributed by atoms with Gasteiger partial charge in [-0.2, -0.15) is 0 Å². The second-order valence-corrected chi connectivity index (χ2v) is 6.89. The van der Waals surface area contributed by atoms with E-state index in [4.69, 9.17) is 4.42 Å². The Balaban J connectivity index is 1.74. The van der Waals surface area contributed by atoms with E-state index in [1.165, 1.54) is 55.0 Å². The molecular formula is C22H24O. The van der Waals surface area contributed by atoms with E-state index >= 15 is 0 Å². The zero-order chi connectivity index (χ0) is 15.5. The van der Waals surface area contributed by atoms with Crippen LogP contribution in [0, 0.1) is 5.92 Å². The van der Waals surface area contributed by atoms with Gasteiger partial charge in [-0.05, 0) is 24.0 Å². The Hall–Kier alpha value is -2.02. The number of rotatable bonds is 4. The lowest BCUT2D eigenvalue weighted by Crippen LogP contribution is -2.12. The monoisotopic (exact) mass is 304 g/mol. The third-order valence-corrected chi connectivity index (χ3v) is 5.38. The molecule has 0 radical (unpaired) electrons. The first kappa shape index (κ1) is 14.6. The molecule has 1 unspecified atom stereocenters. The van der Waals surface area contributed by atoms with E-state index in [1.807, 2.05) is 6.26 Å². The fraction of sp³-hybridized carbons (Fsp3) is 0.364. The van der Waals surface area contributed by atoms with Crippen molar-refractivity contribution in [2.24, 2.45) is 5.92 Å². The van der Waals surface area contributed by atoms with Crippen molar-refractivity contribution in [1.29, 1.82) is 0 Å². The Labute approximate surface area is 138 Å². The van der Waals surface area contributed by atoms with E-state index in [0.717, 1.165) is 11.5 Å². The van der Waals surface area contributed by atoms with Crippen LogP contribution in [-0.4, -0.2) is 0 Å². The highest BCUT2D eigenvalue weighted by molar-refractivity contribution is 5.81. The normalized spacial score (nSPS) is 17.4. The molecule has 0 N–H and O–H groups in total. The van der Waals surface area contributed by atoms with Gasteiger partial charge in [0.25, 0.3) is 0 Å². The van der Waals surface area contributed by atoms with Crippen LogP contribution in [0.25, 0.3) is 11.0 Å². The van der Waals surface area contributed by atoms with E-state index in [2.05, 4.69) is 54.6 Å². The van der Waals surface area contributed by atoms with Gasteiger partial charge >= 0.3 is 0 Å². The van der Waals surface area contributed by atoms with Crippen molar-refractivity contribution < 1.29 is 4.42 Å². The summed E-state index contributed by atoms with van der Waals surface area (Å²) in [4.78, 5) is 0. The molecule has 1 atom stereocenters. The van der Waals surface area contributed by atoms with Crippen LogP contribution in [0.15, 0.2) is 65.3 Å². The van der Waals surface area contributed by atoms with Crippen molar-refractivity contribution in [2.45, 2.75) is 44.4 Å². The highest BCUT2D eigenvalue weighted by Gasteiger charge is 2.23. The van der Waals surface area contributed by atoms with Gasteiger partial charge in [0.2, 0.25) is 0 Å². The van der Waals surface area contributed by atoms with E-state index in [-0.39, 0.29) is 0 Å². The molecule has 118 valence electrons. The van der Waals surface area contributed by atoms with Gasteiger partial charge in [-0.15, -0.1) is 0 Å². The second kappa shape index (κ2) is 6.62. The summed E-state index contributed by atoms with van der Waals surface area (Å²) >= 11 is 0. The molecule has 1 heteroatoms. The first-order valence-electron chi connectivity index (χ1n) is 8.93. The molecule has 1 saturated carbocycles. The molecule has 2 aromatic carbocycles. The van der Waals surface area contributed by atoms with Crippen molar-refractivity contribution >= 4 is 11.0 Å². The van der Waals surface area contributed by atoms with Crippen LogP contribution in [0.5, 0.6) is 0 Å².